The fraction of sp³-hybridized carbons (Fsp3) is 0.200. The van der Waals surface area contributed by atoms with Gasteiger partial charge >= 0.3 is 0 Å². The van der Waals surface area contributed by atoms with Crippen LogP contribution < -0.4 is 0 Å². The number of benzene rings is 1. The van der Waals surface area contributed by atoms with Crippen LogP contribution in [-0.4, -0.2) is 4.57 Å². The molecule has 1 aromatic carbocycles. The number of aromatic nitrogens is 1. The van der Waals surface area contributed by atoms with Gasteiger partial charge < -0.3 is 4.57 Å². The number of halogens is 3. The van der Waals surface area contributed by atoms with Crippen LogP contribution in [0.1, 0.15) is 5.69 Å². The van der Waals surface area contributed by atoms with Gasteiger partial charge in [-0.15, -0.1) is 0 Å². The van der Waals surface area contributed by atoms with E-state index in [1.807, 2.05) is 30.7 Å². The van der Waals surface area contributed by atoms with Crippen LogP contribution in [0.15, 0.2) is 16.6 Å². The zero-order valence-electron chi connectivity index (χ0n) is 7.74. The van der Waals surface area contributed by atoms with Gasteiger partial charge in [-0.2, -0.15) is 0 Å². The first-order chi connectivity index (χ1) is 6.54. The molecule has 2 aromatic rings. The fourth-order valence-corrected chi connectivity index (χ4v) is 2.58. The average molecular weight is 293 g/mol. The van der Waals surface area contributed by atoms with Gasteiger partial charge in [0.05, 0.1) is 15.6 Å². The van der Waals surface area contributed by atoms with E-state index in [1.165, 1.54) is 0 Å². The largest absolute Gasteiger partial charge is 0.346 e. The number of aryl methyl sites for hydroxylation is 1. The molecule has 0 radical (unpaired) electrons. The standard InChI is InChI=1S/C10H8BrCl2N/c1-5-8(11)6-3-4-7(12)9(13)10(6)14(5)2/h3-4H,1-2H3. The van der Waals surface area contributed by atoms with Crippen molar-refractivity contribution < 1.29 is 0 Å². The Labute approximate surface area is 101 Å². The molecule has 0 saturated carbocycles. The monoisotopic (exact) mass is 291 g/mol. The van der Waals surface area contributed by atoms with Crippen molar-refractivity contribution >= 4 is 50.0 Å². The van der Waals surface area contributed by atoms with Gasteiger partial charge in [0.25, 0.3) is 0 Å². The Morgan fingerprint density at radius 2 is 1.93 bits per heavy atom. The third kappa shape index (κ3) is 1.28. The van der Waals surface area contributed by atoms with Gasteiger partial charge in [0, 0.05) is 22.6 Å². The van der Waals surface area contributed by atoms with E-state index < -0.39 is 0 Å². The SMILES string of the molecule is Cc1c(Br)c2ccc(Cl)c(Cl)c2n1C. The molecule has 1 aromatic heterocycles. The molecule has 0 fully saturated rings. The second kappa shape index (κ2) is 3.44. The van der Waals surface area contributed by atoms with Gasteiger partial charge in [-0.05, 0) is 28.9 Å². The van der Waals surface area contributed by atoms with Crippen LogP contribution in [0, 0.1) is 6.92 Å². The molecule has 1 heterocycles. The summed E-state index contributed by atoms with van der Waals surface area (Å²) in [6.07, 6.45) is 0. The minimum absolute atomic E-state index is 0.590. The van der Waals surface area contributed by atoms with Crippen LogP contribution in [0.25, 0.3) is 10.9 Å². The van der Waals surface area contributed by atoms with Gasteiger partial charge in [-0.25, -0.2) is 0 Å². The number of hydrogen-bond acceptors (Lipinski definition) is 0. The van der Waals surface area contributed by atoms with E-state index in [1.54, 1.807) is 0 Å². The molecule has 0 aliphatic carbocycles. The number of rotatable bonds is 0. The highest BCUT2D eigenvalue weighted by molar-refractivity contribution is 9.10. The molecular formula is C10H8BrCl2N. The van der Waals surface area contributed by atoms with E-state index in [9.17, 15) is 0 Å². The molecule has 0 aliphatic heterocycles. The van der Waals surface area contributed by atoms with E-state index in [4.69, 9.17) is 23.2 Å². The molecule has 1 nitrogen and oxygen atoms in total. The van der Waals surface area contributed by atoms with Crippen molar-refractivity contribution in [3.63, 3.8) is 0 Å². The van der Waals surface area contributed by atoms with Crippen LogP contribution in [0.4, 0.5) is 0 Å². The summed E-state index contributed by atoms with van der Waals surface area (Å²) in [7, 11) is 1.98. The maximum atomic E-state index is 6.14. The molecule has 0 unspecified atom stereocenters. The molecule has 0 amide bonds. The highest BCUT2D eigenvalue weighted by atomic mass is 79.9. The quantitative estimate of drug-likeness (QED) is 0.671. The van der Waals surface area contributed by atoms with Gasteiger partial charge in [-0.1, -0.05) is 29.3 Å². The third-order valence-electron chi connectivity index (χ3n) is 2.46. The normalized spacial score (nSPS) is 11.2. The lowest BCUT2D eigenvalue weighted by atomic mass is 10.2. The molecule has 2 rings (SSSR count). The van der Waals surface area contributed by atoms with E-state index >= 15 is 0 Å². The second-order valence-electron chi connectivity index (χ2n) is 3.22. The van der Waals surface area contributed by atoms with Crippen molar-refractivity contribution in [3.8, 4) is 0 Å². The highest BCUT2D eigenvalue weighted by Crippen LogP contribution is 2.37. The summed E-state index contributed by atoms with van der Waals surface area (Å²) in [4.78, 5) is 0. The Morgan fingerprint density at radius 3 is 2.57 bits per heavy atom. The summed E-state index contributed by atoms with van der Waals surface area (Å²) in [5, 5.41) is 2.30. The van der Waals surface area contributed by atoms with Crippen molar-refractivity contribution in [2.75, 3.05) is 0 Å². The molecule has 0 aliphatic rings. The maximum Gasteiger partial charge on any atom is 0.0835 e. The zero-order valence-corrected chi connectivity index (χ0v) is 10.8. The Kier molecular flexibility index (Phi) is 2.54. The fourth-order valence-electron chi connectivity index (χ4n) is 1.55. The molecule has 0 saturated heterocycles. The molecule has 0 atom stereocenters. The van der Waals surface area contributed by atoms with Crippen LogP contribution in [0.5, 0.6) is 0 Å². The van der Waals surface area contributed by atoms with Gasteiger partial charge in [-0.3, -0.25) is 0 Å². The minimum Gasteiger partial charge on any atom is -0.346 e. The lowest BCUT2D eigenvalue weighted by molar-refractivity contribution is 0.914. The molecule has 74 valence electrons. The number of hydrogen-bond donors (Lipinski definition) is 0. The smallest absolute Gasteiger partial charge is 0.0835 e. The summed E-state index contributed by atoms with van der Waals surface area (Å²) in [5.74, 6) is 0. The summed E-state index contributed by atoms with van der Waals surface area (Å²) >= 11 is 15.6. The Morgan fingerprint density at radius 1 is 1.29 bits per heavy atom. The summed E-state index contributed by atoms with van der Waals surface area (Å²) < 4.78 is 3.11. The van der Waals surface area contributed by atoms with Crippen molar-refractivity contribution in [3.05, 3.63) is 32.3 Å². The topological polar surface area (TPSA) is 4.93 Å². The number of nitrogens with zero attached hydrogens (tertiary/aromatic N) is 1. The molecule has 0 spiro atoms. The zero-order chi connectivity index (χ0) is 10.5. The molecular weight excluding hydrogens is 285 g/mol. The first-order valence-corrected chi connectivity index (χ1v) is 5.67. The van der Waals surface area contributed by atoms with Crippen molar-refractivity contribution in [2.45, 2.75) is 6.92 Å². The van der Waals surface area contributed by atoms with Gasteiger partial charge in [0.2, 0.25) is 0 Å². The Hall–Kier alpha value is -0.180. The number of fused-ring (bicyclic) bond motifs is 1. The summed E-state index contributed by atoms with van der Waals surface area (Å²) in [5.41, 5.74) is 2.12. The molecule has 0 N–H and O–H groups in total. The molecule has 14 heavy (non-hydrogen) atoms. The lowest BCUT2D eigenvalue weighted by Crippen LogP contribution is -1.90. The van der Waals surface area contributed by atoms with Crippen molar-refractivity contribution in [2.24, 2.45) is 7.05 Å². The Balaban J connectivity index is 3.03. The Bertz CT molecular complexity index is 517. The third-order valence-corrected chi connectivity index (χ3v) is 4.26. The molecule has 4 heteroatoms. The lowest BCUT2D eigenvalue weighted by Gasteiger charge is -2.01. The first kappa shape index (κ1) is 10.3. The van der Waals surface area contributed by atoms with E-state index in [2.05, 4.69) is 15.9 Å². The molecule has 0 bridgehead atoms. The highest BCUT2D eigenvalue weighted by Gasteiger charge is 2.13. The van der Waals surface area contributed by atoms with Crippen LogP contribution in [0.3, 0.4) is 0 Å². The average Bonchev–Trinajstić information content (AvgIpc) is 2.38. The second-order valence-corrected chi connectivity index (χ2v) is 4.79. The predicted molar refractivity (Wildman–Crippen MR) is 65.4 cm³/mol. The minimum atomic E-state index is 0.590. The van der Waals surface area contributed by atoms with E-state index in [0.29, 0.717) is 10.0 Å². The van der Waals surface area contributed by atoms with Gasteiger partial charge in [0.15, 0.2) is 0 Å². The van der Waals surface area contributed by atoms with Gasteiger partial charge in [0.1, 0.15) is 0 Å². The van der Waals surface area contributed by atoms with Crippen LogP contribution in [-0.2, 0) is 7.05 Å². The predicted octanol–water partition coefficient (Wildman–Crippen LogP) is 4.56. The van der Waals surface area contributed by atoms with E-state index in [-0.39, 0.29) is 0 Å². The van der Waals surface area contributed by atoms with Crippen molar-refractivity contribution in [1.29, 1.82) is 0 Å². The maximum absolute atomic E-state index is 6.14. The summed E-state index contributed by atoms with van der Waals surface area (Å²) in [6, 6.07) is 3.79. The van der Waals surface area contributed by atoms with Crippen LogP contribution in [0.2, 0.25) is 10.0 Å². The van der Waals surface area contributed by atoms with Crippen LogP contribution >= 0.6 is 39.1 Å². The van der Waals surface area contributed by atoms with Crippen molar-refractivity contribution in [1.82, 2.24) is 4.57 Å². The summed E-state index contributed by atoms with van der Waals surface area (Å²) in [6.45, 7) is 2.04. The van der Waals surface area contributed by atoms with E-state index in [0.717, 1.165) is 21.1 Å². The first-order valence-electron chi connectivity index (χ1n) is 4.12.